The van der Waals surface area contributed by atoms with Crippen molar-refractivity contribution in [2.45, 2.75) is 64.8 Å². The molecule has 0 spiro atoms. The zero-order valence-electron chi connectivity index (χ0n) is 14.7. The summed E-state index contributed by atoms with van der Waals surface area (Å²) in [5.41, 5.74) is 0. The molecule has 0 bridgehead atoms. The summed E-state index contributed by atoms with van der Waals surface area (Å²) < 4.78 is 5.79. The molecule has 2 aliphatic rings. The minimum Gasteiger partial charge on any atom is -0.373 e. The van der Waals surface area contributed by atoms with Crippen LogP contribution < -0.4 is 10.6 Å². The van der Waals surface area contributed by atoms with Gasteiger partial charge in [0.15, 0.2) is 0 Å². The summed E-state index contributed by atoms with van der Waals surface area (Å²) in [7, 11) is 0. The molecule has 2 saturated heterocycles. The number of amides is 1. The Morgan fingerprint density at radius 3 is 2.13 bits per heavy atom. The van der Waals surface area contributed by atoms with E-state index in [0.29, 0.717) is 12.0 Å². The fraction of sp³-hybridized carbons (Fsp3) is 0.938. The van der Waals surface area contributed by atoms with Crippen LogP contribution in [0.5, 0.6) is 0 Å². The zero-order valence-corrected chi connectivity index (χ0v) is 16.3. The molecule has 2 N–H and O–H groups in total. The van der Waals surface area contributed by atoms with Crippen molar-refractivity contribution in [1.29, 1.82) is 0 Å². The van der Waals surface area contributed by atoms with Gasteiger partial charge in [-0.2, -0.15) is 0 Å². The van der Waals surface area contributed by atoms with Gasteiger partial charge in [0.05, 0.1) is 18.2 Å². The van der Waals surface area contributed by atoms with Crippen molar-refractivity contribution in [3.63, 3.8) is 0 Å². The molecular weight excluding hydrogens is 337 g/mol. The van der Waals surface area contributed by atoms with Crippen molar-refractivity contribution in [3.05, 3.63) is 0 Å². The highest BCUT2D eigenvalue weighted by atomic mass is 35.5. The predicted molar refractivity (Wildman–Crippen MR) is 98.7 cm³/mol. The summed E-state index contributed by atoms with van der Waals surface area (Å²) in [6, 6.07) is 0.282. The third-order valence-electron chi connectivity index (χ3n) is 4.43. The smallest absolute Gasteiger partial charge is 0.237 e. The Hall–Kier alpha value is -0.0700. The van der Waals surface area contributed by atoms with E-state index in [1.165, 1.54) is 0 Å². The molecule has 23 heavy (non-hydrogen) atoms. The van der Waals surface area contributed by atoms with Crippen molar-refractivity contribution < 1.29 is 9.53 Å². The van der Waals surface area contributed by atoms with Crippen LogP contribution in [0.2, 0.25) is 0 Å². The monoisotopic (exact) mass is 369 g/mol. The number of morpholine rings is 1. The molecule has 2 heterocycles. The summed E-state index contributed by atoms with van der Waals surface area (Å²) in [6.45, 7) is 12.1. The van der Waals surface area contributed by atoms with E-state index in [9.17, 15) is 4.79 Å². The number of nitrogens with zero attached hydrogens (tertiary/aromatic N) is 1. The van der Waals surface area contributed by atoms with E-state index in [-0.39, 0.29) is 49.0 Å². The minimum atomic E-state index is -0.0475. The summed E-state index contributed by atoms with van der Waals surface area (Å²) in [6.07, 6.45) is 2.46. The molecule has 2 aliphatic heterocycles. The van der Waals surface area contributed by atoms with E-state index < -0.39 is 0 Å². The van der Waals surface area contributed by atoms with Crippen LogP contribution in [0.4, 0.5) is 0 Å². The summed E-state index contributed by atoms with van der Waals surface area (Å²) in [5, 5.41) is 6.60. The Balaban J connectivity index is 0.00000242. The van der Waals surface area contributed by atoms with Crippen molar-refractivity contribution in [3.8, 4) is 0 Å². The molecule has 3 atom stereocenters. The Labute approximate surface area is 153 Å². The van der Waals surface area contributed by atoms with E-state index in [2.05, 4.69) is 43.2 Å². The number of halogens is 2. The molecule has 0 aromatic carbocycles. The van der Waals surface area contributed by atoms with Gasteiger partial charge in [0, 0.05) is 19.1 Å². The Morgan fingerprint density at radius 1 is 1.13 bits per heavy atom. The lowest BCUT2D eigenvalue weighted by atomic mass is 9.98. The number of ether oxygens (including phenoxy) is 1. The largest absolute Gasteiger partial charge is 0.373 e. The van der Waals surface area contributed by atoms with Crippen LogP contribution in [0.15, 0.2) is 0 Å². The number of nitrogens with one attached hydrogen (secondary N) is 2. The molecule has 2 rings (SSSR count). The van der Waals surface area contributed by atoms with Crippen LogP contribution in [0.3, 0.4) is 0 Å². The van der Waals surface area contributed by atoms with Crippen LogP contribution >= 0.6 is 24.8 Å². The molecule has 138 valence electrons. The number of hydrogen-bond acceptors (Lipinski definition) is 4. The number of hydrogen-bond donors (Lipinski definition) is 2. The third kappa shape index (κ3) is 6.75. The molecule has 0 aliphatic carbocycles. The minimum absolute atomic E-state index is 0. The predicted octanol–water partition coefficient (Wildman–Crippen LogP) is 1.83. The maximum atomic E-state index is 12.8. The Kier molecular flexibility index (Phi) is 10.7. The molecular formula is C16H33Cl2N3O2. The van der Waals surface area contributed by atoms with E-state index in [0.717, 1.165) is 39.0 Å². The van der Waals surface area contributed by atoms with Gasteiger partial charge in [-0.15, -0.1) is 24.8 Å². The Morgan fingerprint density at radius 2 is 1.65 bits per heavy atom. The van der Waals surface area contributed by atoms with Crippen molar-refractivity contribution in [2.24, 2.45) is 5.92 Å². The molecule has 3 unspecified atom stereocenters. The van der Waals surface area contributed by atoms with Crippen LogP contribution in [-0.2, 0) is 9.53 Å². The second-order valence-electron chi connectivity index (χ2n) is 6.93. The molecule has 7 heteroatoms. The third-order valence-corrected chi connectivity index (χ3v) is 4.43. The zero-order chi connectivity index (χ0) is 15.4. The summed E-state index contributed by atoms with van der Waals surface area (Å²) >= 11 is 0. The standard InChI is InChI=1S/C16H31N3O2.2ClH/c1-11(2)15(19-9-12(3)21-13(4)10-19)16(20)18-14-5-7-17-8-6-14;;/h11-15,17H,5-10H2,1-4H3,(H,18,20);2*1H. The van der Waals surface area contributed by atoms with E-state index in [1.807, 2.05) is 0 Å². The second kappa shape index (κ2) is 10.7. The van der Waals surface area contributed by atoms with E-state index in [4.69, 9.17) is 4.74 Å². The van der Waals surface area contributed by atoms with Crippen LogP contribution in [0.1, 0.15) is 40.5 Å². The summed E-state index contributed by atoms with van der Waals surface area (Å²) in [4.78, 5) is 15.1. The van der Waals surface area contributed by atoms with Gasteiger partial charge in [-0.25, -0.2) is 0 Å². The first-order valence-corrected chi connectivity index (χ1v) is 8.38. The van der Waals surface area contributed by atoms with E-state index in [1.54, 1.807) is 0 Å². The van der Waals surface area contributed by atoms with Gasteiger partial charge in [0.2, 0.25) is 5.91 Å². The first-order chi connectivity index (χ1) is 9.97. The molecule has 0 radical (unpaired) electrons. The fourth-order valence-electron chi connectivity index (χ4n) is 3.59. The molecule has 5 nitrogen and oxygen atoms in total. The number of piperidine rings is 1. The average molecular weight is 370 g/mol. The first-order valence-electron chi connectivity index (χ1n) is 8.38. The van der Waals surface area contributed by atoms with Gasteiger partial charge in [0.25, 0.3) is 0 Å². The maximum absolute atomic E-state index is 12.8. The quantitative estimate of drug-likeness (QED) is 0.793. The molecule has 0 saturated carbocycles. The lowest BCUT2D eigenvalue weighted by molar-refractivity contribution is -0.136. The van der Waals surface area contributed by atoms with Crippen LogP contribution in [-0.4, -0.2) is 61.3 Å². The average Bonchev–Trinajstić information content (AvgIpc) is 2.38. The fourth-order valence-corrected chi connectivity index (χ4v) is 3.59. The summed E-state index contributed by atoms with van der Waals surface area (Å²) in [5.74, 6) is 0.502. The molecule has 0 aromatic heterocycles. The molecule has 0 aromatic rings. The van der Waals surface area contributed by atoms with Crippen LogP contribution in [0.25, 0.3) is 0 Å². The SMILES string of the molecule is CC1CN(C(C(=O)NC2CCNCC2)C(C)C)CC(C)O1.Cl.Cl. The highest BCUT2D eigenvalue weighted by molar-refractivity contribution is 5.85. The van der Waals surface area contributed by atoms with Gasteiger partial charge in [-0.1, -0.05) is 13.8 Å². The van der Waals surface area contributed by atoms with Gasteiger partial charge in [-0.3, -0.25) is 9.69 Å². The van der Waals surface area contributed by atoms with E-state index >= 15 is 0 Å². The normalized spacial score (nSPS) is 27.7. The lowest BCUT2D eigenvalue weighted by Crippen LogP contribution is -2.58. The number of carbonyl (C=O) groups excluding carboxylic acids is 1. The van der Waals surface area contributed by atoms with Gasteiger partial charge in [0.1, 0.15) is 0 Å². The molecule has 2 fully saturated rings. The molecule has 1 amide bonds. The van der Waals surface area contributed by atoms with Gasteiger partial charge >= 0.3 is 0 Å². The maximum Gasteiger partial charge on any atom is 0.237 e. The highest BCUT2D eigenvalue weighted by Crippen LogP contribution is 2.19. The van der Waals surface area contributed by atoms with Gasteiger partial charge < -0.3 is 15.4 Å². The lowest BCUT2D eigenvalue weighted by Gasteiger charge is -2.41. The van der Waals surface area contributed by atoms with Crippen molar-refractivity contribution in [1.82, 2.24) is 15.5 Å². The number of carbonyl (C=O) groups is 1. The second-order valence-corrected chi connectivity index (χ2v) is 6.93. The first kappa shape index (κ1) is 22.9. The Bertz CT molecular complexity index is 342. The number of rotatable bonds is 4. The highest BCUT2D eigenvalue weighted by Gasteiger charge is 2.34. The van der Waals surface area contributed by atoms with Crippen LogP contribution in [0, 0.1) is 5.92 Å². The van der Waals surface area contributed by atoms with Crippen molar-refractivity contribution in [2.75, 3.05) is 26.2 Å². The van der Waals surface area contributed by atoms with Crippen molar-refractivity contribution >= 4 is 30.7 Å². The van der Waals surface area contributed by atoms with Gasteiger partial charge in [-0.05, 0) is 45.7 Å². The topological polar surface area (TPSA) is 53.6 Å².